The monoisotopic (exact) mass is 228 g/mol. The van der Waals surface area contributed by atoms with Crippen LogP contribution in [-0.4, -0.2) is 26.1 Å². The fourth-order valence-corrected chi connectivity index (χ4v) is 1.39. The molecule has 6 heteroatoms. The van der Waals surface area contributed by atoms with Gasteiger partial charge in [0.05, 0.1) is 6.33 Å². The van der Waals surface area contributed by atoms with Crippen molar-refractivity contribution in [2.75, 3.05) is 11.9 Å². The zero-order valence-corrected chi connectivity index (χ0v) is 9.24. The highest BCUT2D eigenvalue weighted by Gasteiger charge is 1.97. The summed E-state index contributed by atoms with van der Waals surface area (Å²) in [6.07, 6.45) is 7.98. The van der Waals surface area contributed by atoms with Crippen LogP contribution in [0.15, 0.2) is 31.0 Å². The number of rotatable bonds is 5. The van der Waals surface area contributed by atoms with Gasteiger partial charge in [0, 0.05) is 31.7 Å². The van der Waals surface area contributed by atoms with E-state index in [1.54, 1.807) is 24.8 Å². The van der Waals surface area contributed by atoms with Crippen molar-refractivity contribution in [3.63, 3.8) is 0 Å². The van der Waals surface area contributed by atoms with Gasteiger partial charge in [0.25, 0.3) is 0 Å². The van der Waals surface area contributed by atoms with Gasteiger partial charge < -0.3 is 9.88 Å². The fraction of sp³-hybridized carbons (Fsp3) is 0.273. The topological polar surface area (TPSA) is 79.4 Å². The Balaban J connectivity index is 1.76. The van der Waals surface area contributed by atoms with Crippen molar-refractivity contribution in [1.82, 2.24) is 19.5 Å². The molecule has 2 aromatic heterocycles. The molecule has 0 amide bonds. The van der Waals surface area contributed by atoms with Gasteiger partial charge in [0.1, 0.15) is 11.8 Å². The second kappa shape index (κ2) is 5.61. The summed E-state index contributed by atoms with van der Waals surface area (Å²) in [6.45, 7) is 1.65. The van der Waals surface area contributed by atoms with Crippen molar-refractivity contribution < 1.29 is 0 Å². The predicted octanol–water partition coefficient (Wildman–Crippen LogP) is 1.05. The number of aryl methyl sites for hydroxylation is 1. The molecule has 86 valence electrons. The van der Waals surface area contributed by atoms with E-state index in [2.05, 4.69) is 20.3 Å². The number of nitriles is 1. The van der Waals surface area contributed by atoms with E-state index in [0.717, 1.165) is 19.5 Å². The van der Waals surface area contributed by atoms with Gasteiger partial charge in [-0.3, -0.25) is 0 Å². The summed E-state index contributed by atoms with van der Waals surface area (Å²) in [5.74, 6) is 0.495. The maximum atomic E-state index is 8.68. The molecule has 2 heterocycles. The lowest BCUT2D eigenvalue weighted by Gasteiger charge is -2.04. The SMILES string of the molecule is N#Cc1ccnc(NCCCn2ccnc2)n1. The Bertz CT molecular complexity index is 499. The first-order chi connectivity index (χ1) is 8.38. The second-order valence-corrected chi connectivity index (χ2v) is 3.46. The molecule has 0 atom stereocenters. The molecule has 0 fully saturated rings. The van der Waals surface area contributed by atoms with E-state index in [4.69, 9.17) is 5.26 Å². The van der Waals surface area contributed by atoms with E-state index in [0.29, 0.717) is 11.6 Å². The average molecular weight is 228 g/mol. The van der Waals surface area contributed by atoms with Gasteiger partial charge in [-0.2, -0.15) is 5.26 Å². The molecule has 0 unspecified atom stereocenters. The molecule has 17 heavy (non-hydrogen) atoms. The molecule has 0 saturated carbocycles. The van der Waals surface area contributed by atoms with Gasteiger partial charge in [0.15, 0.2) is 0 Å². The van der Waals surface area contributed by atoms with Crippen molar-refractivity contribution in [3.8, 4) is 6.07 Å². The van der Waals surface area contributed by atoms with Gasteiger partial charge in [0.2, 0.25) is 5.95 Å². The van der Waals surface area contributed by atoms with Crippen LogP contribution in [0.3, 0.4) is 0 Å². The zero-order valence-electron chi connectivity index (χ0n) is 9.24. The first-order valence-corrected chi connectivity index (χ1v) is 5.31. The first-order valence-electron chi connectivity index (χ1n) is 5.31. The normalized spacial score (nSPS) is 9.82. The molecule has 0 bridgehead atoms. The maximum Gasteiger partial charge on any atom is 0.223 e. The van der Waals surface area contributed by atoms with Gasteiger partial charge in [-0.25, -0.2) is 15.0 Å². The van der Waals surface area contributed by atoms with Crippen LogP contribution < -0.4 is 5.32 Å². The largest absolute Gasteiger partial charge is 0.354 e. The molecule has 0 aliphatic rings. The van der Waals surface area contributed by atoms with Crippen LogP contribution in [0.25, 0.3) is 0 Å². The highest BCUT2D eigenvalue weighted by atomic mass is 15.1. The third-order valence-electron chi connectivity index (χ3n) is 2.21. The van der Waals surface area contributed by atoms with Crippen LogP contribution in [0.5, 0.6) is 0 Å². The van der Waals surface area contributed by atoms with Crippen LogP contribution in [0.2, 0.25) is 0 Å². The minimum atomic E-state index is 0.372. The number of hydrogen-bond acceptors (Lipinski definition) is 5. The molecular formula is C11H12N6. The van der Waals surface area contributed by atoms with Gasteiger partial charge in [-0.05, 0) is 12.5 Å². The van der Waals surface area contributed by atoms with Crippen LogP contribution in [-0.2, 0) is 6.54 Å². The Morgan fingerprint density at radius 3 is 3.12 bits per heavy atom. The molecule has 0 aliphatic carbocycles. The van der Waals surface area contributed by atoms with Crippen molar-refractivity contribution in [1.29, 1.82) is 5.26 Å². The summed E-state index contributed by atoms with van der Waals surface area (Å²) in [7, 11) is 0. The molecule has 2 rings (SSSR count). The number of aromatic nitrogens is 4. The lowest BCUT2D eigenvalue weighted by molar-refractivity contribution is 0.659. The third-order valence-corrected chi connectivity index (χ3v) is 2.21. The smallest absolute Gasteiger partial charge is 0.223 e. The lowest BCUT2D eigenvalue weighted by atomic mass is 10.4. The summed E-state index contributed by atoms with van der Waals surface area (Å²) in [6, 6.07) is 3.56. The molecule has 1 N–H and O–H groups in total. The lowest BCUT2D eigenvalue weighted by Crippen LogP contribution is -2.08. The number of nitrogens with one attached hydrogen (secondary N) is 1. The van der Waals surface area contributed by atoms with E-state index in [9.17, 15) is 0 Å². The highest BCUT2D eigenvalue weighted by molar-refractivity contribution is 5.29. The molecule has 2 aromatic rings. The standard InChI is InChI=1S/C11H12N6/c12-8-10-2-4-15-11(16-10)14-3-1-6-17-7-5-13-9-17/h2,4-5,7,9H,1,3,6H2,(H,14,15,16). The van der Waals surface area contributed by atoms with E-state index >= 15 is 0 Å². The number of anilines is 1. The van der Waals surface area contributed by atoms with Crippen LogP contribution in [0.1, 0.15) is 12.1 Å². The Hall–Kier alpha value is -2.42. The Morgan fingerprint density at radius 1 is 1.41 bits per heavy atom. The van der Waals surface area contributed by atoms with Crippen molar-refractivity contribution in [3.05, 3.63) is 36.7 Å². The highest BCUT2D eigenvalue weighted by Crippen LogP contribution is 1.99. The Kier molecular flexibility index (Phi) is 3.65. The Morgan fingerprint density at radius 2 is 2.35 bits per heavy atom. The number of imidazole rings is 1. The summed E-state index contributed by atoms with van der Waals surface area (Å²) in [5, 5.41) is 11.8. The van der Waals surface area contributed by atoms with Gasteiger partial charge in [-0.15, -0.1) is 0 Å². The third kappa shape index (κ3) is 3.28. The first kappa shape index (κ1) is 11.1. The molecule has 0 aliphatic heterocycles. The number of nitrogens with zero attached hydrogens (tertiary/aromatic N) is 5. The van der Waals surface area contributed by atoms with Crippen molar-refractivity contribution in [2.24, 2.45) is 0 Å². The van der Waals surface area contributed by atoms with Crippen LogP contribution in [0, 0.1) is 11.3 Å². The van der Waals surface area contributed by atoms with E-state index in [1.807, 2.05) is 16.8 Å². The minimum absolute atomic E-state index is 0.372. The van der Waals surface area contributed by atoms with E-state index in [-0.39, 0.29) is 0 Å². The average Bonchev–Trinajstić information content (AvgIpc) is 2.88. The van der Waals surface area contributed by atoms with Crippen LogP contribution in [0.4, 0.5) is 5.95 Å². The van der Waals surface area contributed by atoms with E-state index in [1.165, 1.54) is 0 Å². The van der Waals surface area contributed by atoms with Crippen molar-refractivity contribution >= 4 is 5.95 Å². The number of hydrogen-bond donors (Lipinski definition) is 1. The van der Waals surface area contributed by atoms with Crippen LogP contribution >= 0.6 is 0 Å². The molecular weight excluding hydrogens is 216 g/mol. The second-order valence-electron chi connectivity index (χ2n) is 3.46. The minimum Gasteiger partial charge on any atom is -0.354 e. The summed E-state index contributed by atoms with van der Waals surface area (Å²) in [4.78, 5) is 12.0. The maximum absolute atomic E-state index is 8.68. The summed E-state index contributed by atoms with van der Waals surface area (Å²) >= 11 is 0. The molecule has 0 saturated heterocycles. The van der Waals surface area contributed by atoms with Crippen molar-refractivity contribution in [2.45, 2.75) is 13.0 Å². The molecule has 0 radical (unpaired) electrons. The molecule has 0 aromatic carbocycles. The van der Waals surface area contributed by atoms with E-state index < -0.39 is 0 Å². The molecule has 0 spiro atoms. The zero-order chi connectivity index (χ0) is 11.9. The predicted molar refractivity (Wildman–Crippen MR) is 62.1 cm³/mol. The summed E-state index contributed by atoms with van der Waals surface area (Å²) in [5.41, 5.74) is 0.372. The summed E-state index contributed by atoms with van der Waals surface area (Å²) < 4.78 is 2.01. The molecule has 6 nitrogen and oxygen atoms in total. The van der Waals surface area contributed by atoms with Gasteiger partial charge >= 0.3 is 0 Å². The van der Waals surface area contributed by atoms with Gasteiger partial charge in [-0.1, -0.05) is 0 Å². The Labute approximate surface area is 99.0 Å². The quantitative estimate of drug-likeness (QED) is 0.774. The fourth-order valence-electron chi connectivity index (χ4n) is 1.39.